The molecule has 8 heteroatoms. The van der Waals surface area contributed by atoms with Crippen LogP contribution in [0.1, 0.15) is 12.5 Å². The number of benzene rings is 1. The summed E-state index contributed by atoms with van der Waals surface area (Å²) < 4.78 is 0. The van der Waals surface area contributed by atoms with E-state index in [1.54, 1.807) is 11.8 Å². The van der Waals surface area contributed by atoms with E-state index in [4.69, 9.17) is 0 Å². The smallest absolute Gasteiger partial charge is 0.280 e. The summed E-state index contributed by atoms with van der Waals surface area (Å²) in [7, 11) is 0. The zero-order valence-electron chi connectivity index (χ0n) is 10.7. The molecule has 0 saturated carbocycles. The Hall–Kier alpha value is -1.67. The van der Waals surface area contributed by atoms with Gasteiger partial charge in [0.1, 0.15) is 0 Å². The van der Waals surface area contributed by atoms with Crippen LogP contribution in [0.15, 0.2) is 18.2 Å². The van der Waals surface area contributed by atoms with Crippen LogP contribution in [0.4, 0.5) is 11.4 Å². The molecule has 0 saturated heterocycles. The highest BCUT2D eigenvalue weighted by molar-refractivity contribution is 7.99. The van der Waals surface area contributed by atoms with E-state index in [0.29, 0.717) is 17.4 Å². The Morgan fingerprint density at radius 3 is 2.53 bits per heavy atom. The third kappa shape index (κ3) is 4.49. The average molecular weight is 285 g/mol. The molecule has 0 aliphatic rings. The maximum Gasteiger partial charge on any atom is 0.280 e. The minimum Gasteiger partial charge on any atom is -0.311 e. The summed E-state index contributed by atoms with van der Waals surface area (Å²) in [5.41, 5.74) is -0.0460. The molecule has 0 heterocycles. The van der Waals surface area contributed by atoms with Crippen molar-refractivity contribution < 1.29 is 9.85 Å². The molecule has 0 aromatic heterocycles. The number of non-ortho nitro benzene ring substituents is 1. The van der Waals surface area contributed by atoms with Crippen LogP contribution < -0.4 is 5.32 Å². The Morgan fingerprint density at radius 2 is 2.00 bits per heavy atom. The van der Waals surface area contributed by atoms with E-state index in [1.165, 1.54) is 12.1 Å². The van der Waals surface area contributed by atoms with Crippen LogP contribution in [0, 0.1) is 20.2 Å². The predicted molar refractivity (Wildman–Crippen MR) is 74.4 cm³/mol. The van der Waals surface area contributed by atoms with Gasteiger partial charge in [-0.25, -0.2) is 0 Å². The molecule has 19 heavy (non-hydrogen) atoms. The van der Waals surface area contributed by atoms with Gasteiger partial charge in [-0.1, -0.05) is 6.92 Å². The highest BCUT2D eigenvalue weighted by Gasteiger charge is 2.18. The van der Waals surface area contributed by atoms with Gasteiger partial charge in [0.05, 0.1) is 15.9 Å². The molecule has 7 nitrogen and oxygen atoms in total. The lowest BCUT2D eigenvalue weighted by Gasteiger charge is -2.09. The normalized spacial score (nSPS) is 12.1. The predicted octanol–water partition coefficient (Wildman–Crippen LogP) is 2.34. The molecule has 1 aromatic rings. The van der Waals surface area contributed by atoms with Gasteiger partial charge in [0.2, 0.25) is 0 Å². The molecular weight excluding hydrogens is 270 g/mol. The highest BCUT2D eigenvalue weighted by Crippen LogP contribution is 2.24. The van der Waals surface area contributed by atoms with E-state index in [-0.39, 0.29) is 11.4 Å². The maximum atomic E-state index is 10.9. The zero-order valence-corrected chi connectivity index (χ0v) is 11.5. The first-order valence-corrected chi connectivity index (χ1v) is 6.89. The lowest BCUT2D eigenvalue weighted by atomic mass is 10.1. The van der Waals surface area contributed by atoms with Gasteiger partial charge in [-0.05, 0) is 12.3 Å². The number of hydrogen-bond acceptors (Lipinski definition) is 6. The van der Waals surface area contributed by atoms with Crippen molar-refractivity contribution in [2.45, 2.75) is 18.7 Å². The van der Waals surface area contributed by atoms with Crippen molar-refractivity contribution in [3.8, 4) is 0 Å². The lowest BCUT2D eigenvalue weighted by Crippen LogP contribution is -2.22. The minimum absolute atomic E-state index is 0.224. The number of rotatable bonds is 7. The van der Waals surface area contributed by atoms with Crippen LogP contribution in [-0.4, -0.2) is 27.9 Å². The molecular formula is C11H15N3O4S. The van der Waals surface area contributed by atoms with Gasteiger partial charge in [-0.15, -0.1) is 0 Å². The topological polar surface area (TPSA) is 98.3 Å². The molecule has 0 spiro atoms. The van der Waals surface area contributed by atoms with Gasteiger partial charge < -0.3 is 5.32 Å². The molecule has 1 unspecified atom stereocenters. The fourth-order valence-electron chi connectivity index (χ4n) is 1.48. The first kappa shape index (κ1) is 15.4. The highest BCUT2D eigenvalue weighted by atomic mass is 32.2. The number of nitro benzene ring substituents is 2. The SMILES string of the molecule is CSC(C)CNCc1ccc([N+](=O)[O-])cc1[N+](=O)[O-]. The van der Waals surface area contributed by atoms with Crippen LogP contribution in [0.25, 0.3) is 0 Å². The third-order valence-corrected chi connectivity index (χ3v) is 3.60. The summed E-state index contributed by atoms with van der Waals surface area (Å²) in [5, 5.41) is 25.0. The van der Waals surface area contributed by atoms with Gasteiger partial charge in [0.15, 0.2) is 0 Å². The molecule has 1 N–H and O–H groups in total. The molecule has 1 aromatic carbocycles. The summed E-state index contributed by atoms with van der Waals surface area (Å²) in [6.07, 6.45) is 1.99. The quantitative estimate of drug-likeness (QED) is 0.610. The van der Waals surface area contributed by atoms with E-state index >= 15 is 0 Å². The van der Waals surface area contributed by atoms with E-state index in [2.05, 4.69) is 5.32 Å². The van der Waals surface area contributed by atoms with E-state index in [1.807, 2.05) is 13.2 Å². The van der Waals surface area contributed by atoms with Crippen LogP contribution in [0.5, 0.6) is 0 Å². The summed E-state index contributed by atoms with van der Waals surface area (Å²) in [5.74, 6) is 0. The van der Waals surface area contributed by atoms with Crippen molar-refractivity contribution in [3.05, 3.63) is 44.0 Å². The molecule has 0 fully saturated rings. The molecule has 0 aliphatic heterocycles. The van der Waals surface area contributed by atoms with Gasteiger partial charge in [0.25, 0.3) is 11.4 Å². The fourth-order valence-corrected chi connectivity index (χ4v) is 1.76. The van der Waals surface area contributed by atoms with E-state index in [0.717, 1.165) is 12.6 Å². The van der Waals surface area contributed by atoms with Gasteiger partial charge in [-0.3, -0.25) is 20.2 Å². The summed E-state index contributed by atoms with van der Waals surface area (Å²) in [4.78, 5) is 20.3. The average Bonchev–Trinajstić information content (AvgIpc) is 2.38. The van der Waals surface area contributed by atoms with Crippen LogP contribution in [0.3, 0.4) is 0 Å². The number of nitrogens with one attached hydrogen (secondary N) is 1. The van der Waals surface area contributed by atoms with Crippen molar-refractivity contribution in [1.29, 1.82) is 0 Å². The molecule has 104 valence electrons. The van der Waals surface area contributed by atoms with Crippen molar-refractivity contribution in [2.24, 2.45) is 0 Å². The Balaban J connectivity index is 2.82. The molecule has 1 atom stereocenters. The van der Waals surface area contributed by atoms with Crippen molar-refractivity contribution >= 4 is 23.1 Å². The van der Waals surface area contributed by atoms with Crippen LogP contribution in [0.2, 0.25) is 0 Å². The molecule has 0 bridgehead atoms. The Labute approximate surface area is 114 Å². The van der Waals surface area contributed by atoms with E-state index in [9.17, 15) is 20.2 Å². The summed E-state index contributed by atoms with van der Waals surface area (Å²) in [6, 6.07) is 3.70. The van der Waals surface area contributed by atoms with Crippen molar-refractivity contribution in [3.63, 3.8) is 0 Å². The Kier molecular flexibility index (Phi) is 5.71. The monoisotopic (exact) mass is 285 g/mol. The second kappa shape index (κ2) is 7.05. The standard InChI is InChI=1S/C11H15N3O4S/c1-8(19-2)6-12-7-9-3-4-10(13(15)16)5-11(9)14(17)18/h3-5,8,12H,6-7H2,1-2H3. The first-order chi connectivity index (χ1) is 8.95. The van der Waals surface area contributed by atoms with Gasteiger partial charge in [0, 0.05) is 30.0 Å². The van der Waals surface area contributed by atoms with Crippen LogP contribution >= 0.6 is 11.8 Å². The zero-order chi connectivity index (χ0) is 14.4. The number of nitro groups is 2. The number of nitrogens with zero attached hydrogens (tertiary/aromatic N) is 2. The molecule has 0 radical (unpaired) electrons. The van der Waals surface area contributed by atoms with Crippen molar-refractivity contribution in [2.75, 3.05) is 12.8 Å². The second-order valence-corrected chi connectivity index (χ2v) is 5.28. The second-order valence-electron chi connectivity index (χ2n) is 4.00. The molecule has 1 rings (SSSR count). The molecule has 0 amide bonds. The lowest BCUT2D eigenvalue weighted by molar-refractivity contribution is -0.394. The van der Waals surface area contributed by atoms with E-state index < -0.39 is 9.85 Å². The maximum absolute atomic E-state index is 10.9. The van der Waals surface area contributed by atoms with Crippen LogP contribution in [-0.2, 0) is 6.54 Å². The largest absolute Gasteiger partial charge is 0.311 e. The Morgan fingerprint density at radius 1 is 1.32 bits per heavy atom. The summed E-state index contributed by atoms with van der Waals surface area (Å²) in [6.45, 7) is 3.08. The fraction of sp³-hybridized carbons (Fsp3) is 0.455. The van der Waals surface area contributed by atoms with Gasteiger partial charge >= 0.3 is 0 Å². The number of thioether (sulfide) groups is 1. The third-order valence-electron chi connectivity index (χ3n) is 2.63. The van der Waals surface area contributed by atoms with Gasteiger partial charge in [-0.2, -0.15) is 11.8 Å². The minimum atomic E-state index is -0.639. The Bertz CT molecular complexity index is 481. The van der Waals surface area contributed by atoms with Crippen molar-refractivity contribution in [1.82, 2.24) is 5.32 Å². The summed E-state index contributed by atoms with van der Waals surface area (Å²) >= 11 is 1.69. The molecule has 0 aliphatic carbocycles. The first-order valence-electron chi connectivity index (χ1n) is 5.61. The number of hydrogen-bond donors (Lipinski definition) is 1.